The number of nitrogen functional groups attached to an aromatic ring is 1. The number of fused-ring (bicyclic) bond motifs is 1. The Morgan fingerprint density at radius 1 is 1.38 bits per heavy atom. The quantitative estimate of drug-likeness (QED) is 0.707. The Bertz CT molecular complexity index is 930. The molecule has 3 N–H and O–H groups in total. The van der Waals surface area contributed by atoms with E-state index in [-0.39, 0.29) is 18.0 Å². The minimum atomic E-state index is -0.134. The van der Waals surface area contributed by atoms with E-state index in [0.717, 1.165) is 16.2 Å². The Morgan fingerprint density at radius 2 is 2.27 bits per heavy atom. The van der Waals surface area contributed by atoms with Crippen LogP contribution in [-0.2, 0) is 0 Å². The minimum absolute atomic E-state index is 0.0719. The molecule has 1 atom stereocenters. The number of hydrogen-bond donors (Lipinski definition) is 2. The summed E-state index contributed by atoms with van der Waals surface area (Å²) in [5, 5.41) is 2.87. The summed E-state index contributed by atoms with van der Waals surface area (Å²) in [5.41, 5.74) is 9.02. The molecule has 0 saturated carbocycles. The lowest BCUT2D eigenvalue weighted by atomic mass is 10.2. The van der Waals surface area contributed by atoms with Crippen molar-refractivity contribution >= 4 is 45.2 Å². The maximum Gasteiger partial charge on any atom is 0.322 e. The molecule has 1 aliphatic rings. The van der Waals surface area contributed by atoms with Gasteiger partial charge in [0, 0.05) is 31.9 Å². The maximum absolute atomic E-state index is 12.5. The number of rotatable bonds is 2. The summed E-state index contributed by atoms with van der Waals surface area (Å²) >= 11 is 1.44. The van der Waals surface area contributed by atoms with E-state index < -0.39 is 0 Å². The van der Waals surface area contributed by atoms with Gasteiger partial charge in [-0.3, -0.25) is 4.98 Å². The molecule has 26 heavy (non-hydrogen) atoms. The molecule has 4 rings (SSSR count). The van der Waals surface area contributed by atoms with Crippen LogP contribution in [0.5, 0.6) is 0 Å². The predicted octanol–water partition coefficient (Wildman–Crippen LogP) is 1.81. The second-order valence-corrected chi connectivity index (χ2v) is 6.91. The van der Waals surface area contributed by atoms with Crippen molar-refractivity contribution in [3.63, 3.8) is 0 Å². The molecule has 1 saturated heterocycles. The van der Waals surface area contributed by atoms with Crippen LogP contribution < -0.4 is 16.0 Å². The van der Waals surface area contributed by atoms with Crippen molar-refractivity contribution in [3.8, 4) is 0 Å². The van der Waals surface area contributed by atoms with Crippen LogP contribution in [0.1, 0.15) is 6.92 Å². The Kier molecular flexibility index (Phi) is 4.25. The van der Waals surface area contributed by atoms with E-state index in [0.29, 0.717) is 25.3 Å². The fourth-order valence-electron chi connectivity index (χ4n) is 3.06. The first-order valence-corrected chi connectivity index (χ1v) is 9.09. The highest BCUT2D eigenvalue weighted by molar-refractivity contribution is 7.16. The third-order valence-corrected chi connectivity index (χ3v) is 5.02. The highest BCUT2D eigenvalue weighted by Crippen LogP contribution is 2.28. The first-order chi connectivity index (χ1) is 12.6. The average molecular weight is 370 g/mol. The maximum atomic E-state index is 12.5. The van der Waals surface area contributed by atoms with Crippen molar-refractivity contribution in [2.24, 2.45) is 0 Å². The van der Waals surface area contributed by atoms with Gasteiger partial charge in [0.1, 0.15) is 5.52 Å². The average Bonchev–Trinajstić information content (AvgIpc) is 3.10. The summed E-state index contributed by atoms with van der Waals surface area (Å²) in [6.45, 7) is 3.85. The second-order valence-electron chi connectivity index (χ2n) is 6.07. The lowest BCUT2D eigenvalue weighted by Gasteiger charge is -2.40. The molecule has 134 valence electrons. The number of carbonyl (C=O) groups is 1. The fraction of sp³-hybridized carbons (Fsp3) is 0.312. The first kappa shape index (κ1) is 16.5. The van der Waals surface area contributed by atoms with Crippen LogP contribution in [0.15, 0.2) is 30.0 Å². The molecule has 0 spiro atoms. The molecule has 1 unspecified atom stereocenters. The molecule has 3 aromatic heterocycles. The summed E-state index contributed by atoms with van der Waals surface area (Å²) in [6, 6.07) is 3.54. The van der Waals surface area contributed by atoms with Gasteiger partial charge in [-0.2, -0.15) is 4.98 Å². The predicted molar refractivity (Wildman–Crippen MR) is 101 cm³/mol. The van der Waals surface area contributed by atoms with Gasteiger partial charge in [0.05, 0.1) is 17.4 Å². The number of anilines is 3. The highest BCUT2D eigenvalue weighted by atomic mass is 32.1. The number of nitrogens with two attached hydrogens (primary N) is 1. The topological polar surface area (TPSA) is 113 Å². The number of aromatic nitrogens is 4. The standard InChI is InChI=1S/C16H18N8OS/c1-10-8-23(16(25)20-11-3-2-4-18-7-11)5-6-24(10)13-12-14(26-9-19-12)22-15(17)21-13/h2-4,7,9-10H,5-6,8H2,1H3,(H,20,25)(H2,17,21,22). The second kappa shape index (κ2) is 6.71. The molecule has 0 bridgehead atoms. The number of hydrogen-bond acceptors (Lipinski definition) is 8. The first-order valence-electron chi connectivity index (χ1n) is 8.21. The number of carbonyl (C=O) groups excluding carboxylic acids is 1. The van der Waals surface area contributed by atoms with E-state index in [2.05, 4.69) is 37.1 Å². The lowest BCUT2D eigenvalue weighted by Crippen LogP contribution is -2.55. The van der Waals surface area contributed by atoms with Crippen molar-refractivity contribution in [2.45, 2.75) is 13.0 Å². The number of pyridine rings is 1. The molecule has 4 heterocycles. The van der Waals surface area contributed by atoms with E-state index in [4.69, 9.17) is 5.73 Å². The SMILES string of the molecule is CC1CN(C(=O)Nc2cccnc2)CCN1c1nc(N)nc2scnc12. The van der Waals surface area contributed by atoms with Crippen LogP contribution in [0.3, 0.4) is 0 Å². The van der Waals surface area contributed by atoms with Crippen molar-refractivity contribution < 1.29 is 4.79 Å². The van der Waals surface area contributed by atoms with Gasteiger partial charge in [0.15, 0.2) is 10.6 Å². The zero-order valence-electron chi connectivity index (χ0n) is 14.2. The van der Waals surface area contributed by atoms with E-state index in [1.807, 2.05) is 6.07 Å². The summed E-state index contributed by atoms with van der Waals surface area (Å²) in [6.07, 6.45) is 3.29. The van der Waals surface area contributed by atoms with Crippen LogP contribution in [-0.4, -0.2) is 56.5 Å². The van der Waals surface area contributed by atoms with Gasteiger partial charge in [-0.25, -0.2) is 14.8 Å². The fourth-order valence-corrected chi connectivity index (χ4v) is 3.72. The Labute approximate surface area is 153 Å². The number of nitrogens with one attached hydrogen (secondary N) is 1. The molecule has 2 amide bonds. The number of amides is 2. The van der Waals surface area contributed by atoms with E-state index in [9.17, 15) is 4.79 Å². The Morgan fingerprint density at radius 3 is 3.04 bits per heavy atom. The minimum Gasteiger partial charge on any atom is -0.368 e. The number of thiazole rings is 1. The van der Waals surface area contributed by atoms with Crippen molar-refractivity contribution in [3.05, 3.63) is 30.0 Å². The van der Waals surface area contributed by atoms with E-state index >= 15 is 0 Å². The largest absolute Gasteiger partial charge is 0.368 e. The summed E-state index contributed by atoms with van der Waals surface area (Å²) < 4.78 is 0. The van der Waals surface area contributed by atoms with Gasteiger partial charge >= 0.3 is 6.03 Å². The van der Waals surface area contributed by atoms with Crippen LogP contribution in [0, 0.1) is 0 Å². The summed E-state index contributed by atoms with van der Waals surface area (Å²) in [4.78, 5) is 34.2. The number of urea groups is 1. The van der Waals surface area contributed by atoms with Gasteiger partial charge in [0.25, 0.3) is 0 Å². The highest BCUT2D eigenvalue weighted by Gasteiger charge is 2.29. The molecule has 1 aliphatic heterocycles. The van der Waals surface area contributed by atoms with Gasteiger partial charge in [0.2, 0.25) is 5.95 Å². The van der Waals surface area contributed by atoms with Crippen LogP contribution in [0.25, 0.3) is 10.3 Å². The Balaban J connectivity index is 1.50. The van der Waals surface area contributed by atoms with Crippen molar-refractivity contribution in [1.82, 2.24) is 24.8 Å². The van der Waals surface area contributed by atoms with Gasteiger partial charge in [-0.05, 0) is 19.1 Å². The lowest BCUT2D eigenvalue weighted by molar-refractivity contribution is 0.200. The van der Waals surface area contributed by atoms with Crippen LogP contribution >= 0.6 is 11.3 Å². The normalized spacial score (nSPS) is 17.5. The smallest absolute Gasteiger partial charge is 0.322 e. The molecule has 0 radical (unpaired) electrons. The monoisotopic (exact) mass is 370 g/mol. The van der Waals surface area contributed by atoms with Gasteiger partial charge in [-0.15, -0.1) is 11.3 Å². The zero-order chi connectivity index (χ0) is 18.1. The van der Waals surface area contributed by atoms with Gasteiger partial charge in [-0.1, -0.05) is 0 Å². The third kappa shape index (κ3) is 3.10. The molecular weight excluding hydrogens is 352 g/mol. The van der Waals surface area contributed by atoms with E-state index in [1.54, 1.807) is 28.9 Å². The molecule has 3 aromatic rings. The molecule has 0 aliphatic carbocycles. The van der Waals surface area contributed by atoms with Crippen molar-refractivity contribution in [1.29, 1.82) is 0 Å². The van der Waals surface area contributed by atoms with E-state index in [1.165, 1.54) is 11.3 Å². The molecule has 10 heteroatoms. The third-order valence-electron chi connectivity index (χ3n) is 4.30. The Hall–Kier alpha value is -3.01. The summed E-state index contributed by atoms with van der Waals surface area (Å²) in [7, 11) is 0. The van der Waals surface area contributed by atoms with Crippen LogP contribution in [0.4, 0.5) is 22.2 Å². The number of piperazine rings is 1. The number of nitrogens with zero attached hydrogens (tertiary/aromatic N) is 6. The van der Waals surface area contributed by atoms with Crippen LogP contribution in [0.2, 0.25) is 0 Å². The molecular formula is C16H18N8OS. The summed E-state index contributed by atoms with van der Waals surface area (Å²) in [5.74, 6) is 0.967. The zero-order valence-corrected chi connectivity index (χ0v) is 15.0. The molecule has 9 nitrogen and oxygen atoms in total. The van der Waals surface area contributed by atoms with Crippen molar-refractivity contribution in [2.75, 3.05) is 35.6 Å². The van der Waals surface area contributed by atoms with Gasteiger partial charge < -0.3 is 20.9 Å². The molecule has 1 fully saturated rings. The molecule has 0 aromatic carbocycles.